The molecule has 9 heavy (non-hydrogen) atoms. The monoisotopic (exact) mass is 142 g/mol. The van der Waals surface area contributed by atoms with Crippen molar-refractivity contribution < 1.29 is 4.79 Å². The Morgan fingerprint density at radius 1 is 1.89 bits per heavy atom. The van der Waals surface area contributed by atoms with Gasteiger partial charge < -0.3 is 0 Å². The summed E-state index contributed by atoms with van der Waals surface area (Å²) in [5.74, 6) is 0. The molecule has 1 aliphatic rings. The third-order valence-electron chi connectivity index (χ3n) is 1.39. The molecule has 1 saturated heterocycles. The zero-order valence-electron chi connectivity index (χ0n) is 5.30. The molecule has 50 valence electrons. The van der Waals surface area contributed by atoms with Gasteiger partial charge in [0.05, 0.1) is 0 Å². The molecule has 0 spiro atoms. The van der Waals surface area contributed by atoms with Gasteiger partial charge in [0.1, 0.15) is 0 Å². The van der Waals surface area contributed by atoms with Gasteiger partial charge in [0.2, 0.25) is 0 Å². The summed E-state index contributed by atoms with van der Waals surface area (Å²) < 4.78 is 0. The molecule has 1 fully saturated rings. The molecule has 0 N–H and O–H groups in total. The summed E-state index contributed by atoms with van der Waals surface area (Å²) in [6.07, 6.45) is 4.87. The molecule has 0 bridgehead atoms. The van der Waals surface area contributed by atoms with Gasteiger partial charge in [0.15, 0.2) is 5.12 Å². The molecule has 1 atom stereocenters. The molecular formula is C7H10OS. The van der Waals surface area contributed by atoms with Gasteiger partial charge in [-0.25, -0.2) is 0 Å². The van der Waals surface area contributed by atoms with Gasteiger partial charge in [-0.3, -0.25) is 4.79 Å². The fourth-order valence-corrected chi connectivity index (χ4v) is 1.69. The van der Waals surface area contributed by atoms with Crippen LogP contribution in [0, 0.1) is 0 Å². The Kier molecular flexibility index (Phi) is 2.34. The highest BCUT2D eigenvalue weighted by Gasteiger charge is 2.26. The van der Waals surface area contributed by atoms with Gasteiger partial charge in [0.25, 0.3) is 0 Å². The van der Waals surface area contributed by atoms with Crippen molar-refractivity contribution in [3.8, 4) is 0 Å². The summed E-state index contributed by atoms with van der Waals surface area (Å²) in [5.41, 5.74) is 0. The molecule has 0 radical (unpaired) electrons. The minimum Gasteiger partial charge on any atom is -0.287 e. The number of carbonyl (C=O) groups is 1. The van der Waals surface area contributed by atoms with Gasteiger partial charge in [-0.15, -0.1) is 6.58 Å². The van der Waals surface area contributed by atoms with E-state index in [1.807, 2.05) is 6.08 Å². The van der Waals surface area contributed by atoms with E-state index >= 15 is 0 Å². The average Bonchev–Trinajstić information content (AvgIpc) is 1.78. The van der Waals surface area contributed by atoms with Crippen LogP contribution in [-0.4, -0.2) is 10.4 Å². The summed E-state index contributed by atoms with van der Waals surface area (Å²) in [7, 11) is 0. The predicted molar refractivity (Wildman–Crippen MR) is 40.4 cm³/mol. The van der Waals surface area contributed by atoms with Crippen molar-refractivity contribution in [2.45, 2.75) is 24.5 Å². The van der Waals surface area contributed by atoms with Crippen LogP contribution in [-0.2, 0) is 4.79 Å². The minimum absolute atomic E-state index is 0.351. The van der Waals surface area contributed by atoms with Crippen LogP contribution in [0.3, 0.4) is 0 Å². The van der Waals surface area contributed by atoms with E-state index in [4.69, 9.17) is 0 Å². The molecule has 1 unspecified atom stereocenters. The van der Waals surface area contributed by atoms with E-state index in [-0.39, 0.29) is 0 Å². The van der Waals surface area contributed by atoms with E-state index in [0.717, 1.165) is 19.3 Å². The Bertz CT molecular complexity index is 123. The van der Waals surface area contributed by atoms with Crippen LogP contribution in [0.5, 0.6) is 0 Å². The zero-order chi connectivity index (χ0) is 6.69. The van der Waals surface area contributed by atoms with Crippen molar-refractivity contribution in [1.29, 1.82) is 0 Å². The third-order valence-corrected chi connectivity index (χ3v) is 2.55. The maximum Gasteiger partial charge on any atom is 0.190 e. The lowest BCUT2D eigenvalue weighted by atomic mass is 10.2. The number of allylic oxidation sites excluding steroid dienone is 1. The zero-order valence-corrected chi connectivity index (χ0v) is 6.12. The molecule has 1 aliphatic heterocycles. The maximum absolute atomic E-state index is 10.4. The van der Waals surface area contributed by atoms with Crippen molar-refractivity contribution in [2.75, 3.05) is 0 Å². The molecule has 0 aromatic carbocycles. The maximum atomic E-state index is 10.4. The average molecular weight is 142 g/mol. The first-order chi connectivity index (χ1) is 4.33. The van der Waals surface area contributed by atoms with Gasteiger partial charge in [-0.05, 0) is 12.8 Å². The van der Waals surface area contributed by atoms with Crippen LogP contribution in [0.4, 0.5) is 0 Å². The lowest BCUT2D eigenvalue weighted by Gasteiger charge is -2.21. The summed E-state index contributed by atoms with van der Waals surface area (Å²) in [6.45, 7) is 3.62. The summed E-state index contributed by atoms with van der Waals surface area (Å²) in [6, 6.07) is 0. The standard InChI is InChI=1S/C7H10OS/c1-2-3-4-6-5-7(8)9-6/h2,6H,1,3-5H2. The number of rotatable bonds is 3. The molecule has 0 amide bonds. The predicted octanol–water partition coefficient (Wildman–Crippen LogP) is 1.98. The Hall–Kier alpha value is -0.240. The van der Waals surface area contributed by atoms with Crippen LogP contribution in [0.1, 0.15) is 19.3 Å². The second-order valence-corrected chi connectivity index (χ2v) is 3.54. The molecule has 1 nitrogen and oxygen atoms in total. The molecule has 0 aromatic heterocycles. The van der Waals surface area contributed by atoms with Gasteiger partial charge in [-0.1, -0.05) is 17.8 Å². The molecule has 0 aromatic rings. The second kappa shape index (κ2) is 3.06. The Morgan fingerprint density at radius 3 is 3.00 bits per heavy atom. The first-order valence-electron chi connectivity index (χ1n) is 3.13. The van der Waals surface area contributed by atoms with Crippen molar-refractivity contribution >= 4 is 16.9 Å². The first-order valence-corrected chi connectivity index (χ1v) is 4.01. The van der Waals surface area contributed by atoms with Crippen molar-refractivity contribution in [3.63, 3.8) is 0 Å². The largest absolute Gasteiger partial charge is 0.287 e. The Morgan fingerprint density at radius 2 is 2.56 bits per heavy atom. The van der Waals surface area contributed by atoms with E-state index < -0.39 is 0 Å². The highest BCUT2D eigenvalue weighted by Crippen LogP contribution is 2.32. The van der Waals surface area contributed by atoms with Crippen LogP contribution >= 0.6 is 11.8 Å². The quantitative estimate of drug-likeness (QED) is 0.560. The lowest BCUT2D eigenvalue weighted by molar-refractivity contribution is -0.112. The number of hydrogen-bond donors (Lipinski definition) is 0. The number of thioether (sulfide) groups is 1. The molecule has 0 aliphatic carbocycles. The molecule has 2 heteroatoms. The summed E-state index contributed by atoms with van der Waals surface area (Å²) >= 11 is 1.48. The fraction of sp³-hybridized carbons (Fsp3) is 0.571. The van der Waals surface area contributed by atoms with Crippen LogP contribution in [0.2, 0.25) is 0 Å². The molecule has 1 rings (SSSR count). The number of hydrogen-bond acceptors (Lipinski definition) is 2. The van der Waals surface area contributed by atoms with Crippen LogP contribution in [0.15, 0.2) is 12.7 Å². The topological polar surface area (TPSA) is 17.1 Å². The smallest absolute Gasteiger partial charge is 0.190 e. The molecular weight excluding hydrogens is 132 g/mol. The van der Waals surface area contributed by atoms with E-state index in [1.54, 1.807) is 0 Å². The van der Waals surface area contributed by atoms with Gasteiger partial charge >= 0.3 is 0 Å². The number of carbonyl (C=O) groups excluding carboxylic acids is 1. The summed E-state index contributed by atoms with van der Waals surface area (Å²) in [4.78, 5) is 10.4. The summed E-state index contributed by atoms with van der Waals surface area (Å²) in [5, 5.41) is 0.958. The van der Waals surface area contributed by atoms with Crippen molar-refractivity contribution in [2.24, 2.45) is 0 Å². The van der Waals surface area contributed by atoms with Crippen LogP contribution in [0.25, 0.3) is 0 Å². The van der Waals surface area contributed by atoms with E-state index in [1.165, 1.54) is 11.8 Å². The Balaban J connectivity index is 2.03. The second-order valence-electron chi connectivity index (χ2n) is 2.18. The first kappa shape index (κ1) is 6.87. The molecule has 0 saturated carbocycles. The van der Waals surface area contributed by atoms with Crippen molar-refractivity contribution in [1.82, 2.24) is 0 Å². The van der Waals surface area contributed by atoms with Gasteiger partial charge in [-0.2, -0.15) is 0 Å². The highest BCUT2D eigenvalue weighted by molar-refractivity contribution is 8.16. The fourth-order valence-electron chi connectivity index (χ4n) is 0.827. The minimum atomic E-state index is 0.351. The van der Waals surface area contributed by atoms with E-state index in [9.17, 15) is 4.79 Å². The Labute approximate surface area is 59.5 Å². The van der Waals surface area contributed by atoms with Crippen LogP contribution < -0.4 is 0 Å². The van der Waals surface area contributed by atoms with E-state index in [2.05, 4.69) is 6.58 Å². The van der Waals surface area contributed by atoms with E-state index in [0.29, 0.717) is 10.4 Å². The highest BCUT2D eigenvalue weighted by atomic mass is 32.2. The van der Waals surface area contributed by atoms with Gasteiger partial charge in [0, 0.05) is 11.7 Å². The third kappa shape index (κ3) is 1.86. The normalized spacial score (nSPS) is 25.3. The lowest BCUT2D eigenvalue weighted by Crippen LogP contribution is -2.20. The molecule has 1 heterocycles. The van der Waals surface area contributed by atoms with Crippen molar-refractivity contribution in [3.05, 3.63) is 12.7 Å². The SMILES string of the molecule is C=CCCC1CC(=O)S1.